The van der Waals surface area contributed by atoms with E-state index in [2.05, 4.69) is 111 Å². The summed E-state index contributed by atoms with van der Waals surface area (Å²) in [6.07, 6.45) is 6.41. The average Bonchev–Trinajstić information content (AvgIpc) is 3.43. The van der Waals surface area contributed by atoms with E-state index in [1.165, 1.54) is 48.2 Å². The molecule has 1 aromatic heterocycles. The van der Waals surface area contributed by atoms with Gasteiger partial charge in [0.2, 0.25) is 0 Å². The summed E-state index contributed by atoms with van der Waals surface area (Å²) in [5, 5.41) is 9.98. The van der Waals surface area contributed by atoms with E-state index in [1.807, 2.05) is 0 Å². The van der Waals surface area contributed by atoms with Crippen molar-refractivity contribution in [3.63, 3.8) is 0 Å². The van der Waals surface area contributed by atoms with Gasteiger partial charge in [-0.25, -0.2) is 11.1 Å². The molecule has 0 radical (unpaired) electrons. The van der Waals surface area contributed by atoms with Crippen LogP contribution in [0.15, 0.2) is 102 Å². The van der Waals surface area contributed by atoms with Crippen LogP contribution in [0, 0.1) is 6.08 Å². The fourth-order valence-electron chi connectivity index (χ4n) is 4.11. The van der Waals surface area contributed by atoms with Crippen molar-refractivity contribution < 1.29 is 51.0 Å². The van der Waals surface area contributed by atoms with Crippen molar-refractivity contribution in [2.75, 3.05) is 0 Å². The minimum atomic E-state index is -0.419. The van der Waals surface area contributed by atoms with E-state index in [4.69, 9.17) is 0 Å². The number of allylic oxidation sites excluding steroid dienone is 4. The van der Waals surface area contributed by atoms with Gasteiger partial charge in [-0.2, -0.15) is 12.1 Å². The maximum absolute atomic E-state index is 3.19. The molecule has 4 heteroatoms. The zero-order valence-electron chi connectivity index (χ0n) is 18.1. The molecule has 32 heavy (non-hydrogen) atoms. The molecule has 1 aliphatic rings. The Hall–Kier alpha value is -1.49. The number of fused-ring (bicyclic) bond motifs is 4. The second-order valence-electron chi connectivity index (χ2n) is 7.61. The summed E-state index contributed by atoms with van der Waals surface area (Å²) < 4.78 is 0. The predicted octanol–water partition coefficient (Wildman–Crippen LogP) is 2.93. The van der Waals surface area contributed by atoms with Crippen LogP contribution in [0.3, 0.4) is 0 Å². The van der Waals surface area contributed by atoms with Gasteiger partial charge in [0, 0.05) is 10.2 Å². The molecular formula is C28H23Cl2PZr. The van der Waals surface area contributed by atoms with Crippen LogP contribution in [-0.2, 0) is 26.2 Å². The fraction of sp³-hybridized carbons (Fsp3) is 0.107. The molecule has 0 amide bonds. The van der Waals surface area contributed by atoms with Crippen LogP contribution in [-0.4, -0.2) is 0 Å². The SMILES string of the molecule is CC1=[C-]CC=C1C.[Cl-].[Cl-].[Zr+4].c1ccc2[cH-]c(-p3c4ccccc4c4ccccc43)cc2c1. The first-order chi connectivity index (χ1) is 14.2. The van der Waals surface area contributed by atoms with E-state index in [-0.39, 0.29) is 51.0 Å². The monoisotopic (exact) mass is 550 g/mol. The Morgan fingerprint density at radius 2 is 1.34 bits per heavy atom. The average molecular weight is 553 g/mol. The molecule has 1 aliphatic carbocycles. The molecule has 0 bridgehead atoms. The zero-order chi connectivity index (χ0) is 19.8. The van der Waals surface area contributed by atoms with Gasteiger partial charge in [-0.3, -0.25) is 6.08 Å². The van der Waals surface area contributed by atoms with Gasteiger partial charge in [0.15, 0.2) is 0 Å². The molecule has 0 N–H and O–H groups in total. The number of benzene rings is 3. The van der Waals surface area contributed by atoms with Gasteiger partial charge in [0.1, 0.15) is 0 Å². The van der Waals surface area contributed by atoms with Gasteiger partial charge >= 0.3 is 26.2 Å². The molecule has 0 atom stereocenters. The molecule has 0 saturated heterocycles. The maximum Gasteiger partial charge on any atom is 4.00 e. The van der Waals surface area contributed by atoms with Crippen molar-refractivity contribution in [3.05, 3.63) is 108 Å². The largest absolute Gasteiger partial charge is 4.00 e. The van der Waals surface area contributed by atoms with Gasteiger partial charge in [-0.1, -0.05) is 74.4 Å². The van der Waals surface area contributed by atoms with Gasteiger partial charge in [0.25, 0.3) is 0 Å². The molecule has 0 nitrogen and oxygen atoms in total. The van der Waals surface area contributed by atoms with E-state index < -0.39 is 7.53 Å². The van der Waals surface area contributed by atoms with Crippen molar-refractivity contribution in [1.82, 2.24) is 0 Å². The van der Waals surface area contributed by atoms with Gasteiger partial charge in [-0.15, -0.1) is 48.4 Å². The number of hydrogen-bond acceptors (Lipinski definition) is 0. The Kier molecular flexibility index (Phi) is 9.69. The first kappa shape index (κ1) is 26.8. The van der Waals surface area contributed by atoms with Crippen LogP contribution in [0.4, 0.5) is 0 Å². The van der Waals surface area contributed by atoms with Crippen molar-refractivity contribution >= 4 is 39.3 Å². The van der Waals surface area contributed by atoms with Crippen LogP contribution in [0.2, 0.25) is 0 Å². The van der Waals surface area contributed by atoms with E-state index in [0.29, 0.717) is 0 Å². The molecule has 4 aromatic carbocycles. The van der Waals surface area contributed by atoms with Crippen molar-refractivity contribution in [2.24, 2.45) is 0 Å². The summed E-state index contributed by atoms with van der Waals surface area (Å²) >= 11 is 0. The summed E-state index contributed by atoms with van der Waals surface area (Å²) in [4.78, 5) is 0. The second kappa shape index (κ2) is 11.6. The second-order valence-corrected chi connectivity index (χ2v) is 9.76. The zero-order valence-corrected chi connectivity index (χ0v) is 22.9. The summed E-state index contributed by atoms with van der Waals surface area (Å²) in [5.74, 6) is 0. The fourth-order valence-corrected chi connectivity index (χ4v) is 6.81. The van der Waals surface area contributed by atoms with Crippen LogP contribution in [0.25, 0.3) is 37.1 Å². The summed E-state index contributed by atoms with van der Waals surface area (Å²) in [6, 6.07) is 31.2. The Bertz CT molecular complexity index is 1300. The summed E-state index contributed by atoms with van der Waals surface area (Å²) in [5.41, 5.74) is 2.71. The summed E-state index contributed by atoms with van der Waals surface area (Å²) in [6.45, 7) is 4.22. The van der Waals surface area contributed by atoms with E-state index >= 15 is 0 Å². The van der Waals surface area contributed by atoms with Crippen LogP contribution in [0.5, 0.6) is 0 Å². The standard InChI is InChI=1S/C21H14P.C7H9.2ClH.Zr/c1-2-8-16-14-17(13-15(16)7-1)22-20-11-5-3-9-18(20)19-10-4-6-12-21(19)22;1-6-4-3-5-7(6)2;;;/h1-14H;4H,3H2,1-2H3;2*1H;/q2*-1;;;+4/p-2. The number of hydrogen-bond donors (Lipinski definition) is 0. The Morgan fingerprint density at radius 1 is 0.781 bits per heavy atom. The van der Waals surface area contributed by atoms with Crippen molar-refractivity contribution in [1.29, 1.82) is 0 Å². The third-order valence-electron chi connectivity index (χ3n) is 5.81. The van der Waals surface area contributed by atoms with Gasteiger partial charge in [0.05, 0.1) is 0 Å². The number of rotatable bonds is 1. The molecule has 6 rings (SSSR count). The number of halogens is 2. The topological polar surface area (TPSA) is 0 Å². The maximum atomic E-state index is 3.19. The molecule has 0 unspecified atom stereocenters. The van der Waals surface area contributed by atoms with Gasteiger partial charge in [-0.05, 0) is 10.8 Å². The van der Waals surface area contributed by atoms with Gasteiger partial charge < -0.3 is 24.8 Å². The van der Waals surface area contributed by atoms with Crippen molar-refractivity contribution in [2.45, 2.75) is 20.3 Å². The first-order valence-electron chi connectivity index (χ1n) is 10.1. The Balaban J connectivity index is 0.000000317. The minimum absolute atomic E-state index is 0. The normalized spacial score (nSPS) is 12.2. The molecule has 1 heterocycles. The first-order valence-corrected chi connectivity index (χ1v) is 11.4. The smallest absolute Gasteiger partial charge is 1.00 e. The molecule has 0 aliphatic heterocycles. The van der Waals surface area contributed by atoms with E-state index in [1.54, 1.807) is 0 Å². The molecule has 0 saturated carbocycles. The molecular weight excluding hydrogens is 529 g/mol. The van der Waals surface area contributed by atoms with Crippen LogP contribution < -0.4 is 24.8 Å². The molecule has 0 spiro atoms. The molecule has 5 aromatic rings. The van der Waals surface area contributed by atoms with Crippen molar-refractivity contribution in [3.8, 4) is 5.30 Å². The Labute approximate surface area is 222 Å². The van der Waals surface area contributed by atoms with E-state index in [0.717, 1.165) is 6.42 Å². The van der Waals surface area contributed by atoms with Crippen LogP contribution >= 0.6 is 7.53 Å². The van der Waals surface area contributed by atoms with Crippen LogP contribution in [0.1, 0.15) is 20.3 Å². The molecule has 158 valence electrons. The summed E-state index contributed by atoms with van der Waals surface area (Å²) in [7, 11) is -0.419. The third kappa shape index (κ3) is 5.03. The Morgan fingerprint density at radius 3 is 1.84 bits per heavy atom. The third-order valence-corrected chi connectivity index (χ3v) is 8.33. The predicted molar refractivity (Wildman–Crippen MR) is 129 cm³/mol. The van der Waals surface area contributed by atoms with E-state index in [9.17, 15) is 0 Å². The minimum Gasteiger partial charge on any atom is -1.00 e. The quantitative estimate of drug-likeness (QED) is 0.281. The molecule has 0 fully saturated rings.